The third-order valence-corrected chi connectivity index (χ3v) is 7.34. The molecule has 1 N–H and O–H groups in total. The maximum absolute atomic E-state index is 13.0. The normalized spacial score (nSPS) is 15.8. The standard InChI is InChI=1S/C23H29N3O4S/c1-16-5-7-19(8-6-16)11-12-24-23(28)15-25(4)31(29,30)21-9-10-22-20(14-21)13-17(2)26(22)18(3)27/h5-10,14,17H,11-13,15H2,1-4H3,(H,24,28). The summed E-state index contributed by atoms with van der Waals surface area (Å²) < 4.78 is 27.0. The highest BCUT2D eigenvalue weighted by Crippen LogP contribution is 2.34. The van der Waals surface area contributed by atoms with E-state index in [9.17, 15) is 18.0 Å². The number of fused-ring (bicyclic) bond motifs is 1. The van der Waals surface area contributed by atoms with Gasteiger partial charge in [0.1, 0.15) is 0 Å². The van der Waals surface area contributed by atoms with Gasteiger partial charge >= 0.3 is 0 Å². The molecule has 1 heterocycles. The zero-order valence-corrected chi connectivity index (χ0v) is 19.2. The van der Waals surface area contributed by atoms with Crippen LogP contribution in [0.1, 0.15) is 30.5 Å². The van der Waals surface area contributed by atoms with Crippen LogP contribution >= 0.6 is 0 Å². The van der Waals surface area contributed by atoms with Crippen molar-refractivity contribution in [2.24, 2.45) is 0 Å². The van der Waals surface area contributed by atoms with Gasteiger partial charge in [-0.25, -0.2) is 8.42 Å². The fourth-order valence-electron chi connectivity index (χ4n) is 3.87. The molecular formula is C23H29N3O4S. The first-order valence-corrected chi connectivity index (χ1v) is 11.7. The molecule has 1 unspecified atom stereocenters. The molecule has 0 fully saturated rings. The molecule has 31 heavy (non-hydrogen) atoms. The molecule has 1 aliphatic heterocycles. The Morgan fingerprint density at radius 2 is 1.84 bits per heavy atom. The summed E-state index contributed by atoms with van der Waals surface area (Å²) in [5, 5.41) is 2.78. The summed E-state index contributed by atoms with van der Waals surface area (Å²) in [4.78, 5) is 25.9. The maximum Gasteiger partial charge on any atom is 0.243 e. The number of carbonyl (C=O) groups is 2. The van der Waals surface area contributed by atoms with Gasteiger partial charge in [-0.3, -0.25) is 9.59 Å². The summed E-state index contributed by atoms with van der Waals surface area (Å²) in [7, 11) is -2.43. The van der Waals surface area contributed by atoms with Gasteiger partial charge in [0.15, 0.2) is 0 Å². The number of anilines is 1. The highest BCUT2D eigenvalue weighted by molar-refractivity contribution is 7.89. The van der Waals surface area contributed by atoms with Crippen LogP contribution in [0.15, 0.2) is 47.4 Å². The molecule has 166 valence electrons. The quantitative estimate of drug-likeness (QED) is 0.711. The van der Waals surface area contributed by atoms with Crippen molar-refractivity contribution in [2.75, 3.05) is 25.0 Å². The number of likely N-dealkylation sites (N-methyl/N-ethyl adjacent to an activating group) is 1. The van der Waals surface area contributed by atoms with E-state index in [0.29, 0.717) is 19.4 Å². The van der Waals surface area contributed by atoms with Crippen LogP contribution in [0.25, 0.3) is 0 Å². The Hall–Kier alpha value is -2.71. The molecule has 0 spiro atoms. The molecule has 1 aliphatic rings. The van der Waals surface area contributed by atoms with E-state index in [1.54, 1.807) is 17.0 Å². The second-order valence-corrected chi connectivity index (χ2v) is 10.1. The first-order chi connectivity index (χ1) is 14.6. The van der Waals surface area contributed by atoms with Gasteiger partial charge in [0.05, 0.1) is 11.4 Å². The minimum absolute atomic E-state index is 0.0116. The van der Waals surface area contributed by atoms with Crippen LogP contribution in [0.4, 0.5) is 5.69 Å². The molecule has 2 amide bonds. The summed E-state index contributed by atoms with van der Waals surface area (Å²) in [6.45, 7) is 5.63. The molecule has 2 aromatic rings. The van der Waals surface area contributed by atoms with Gasteiger partial charge in [-0.15, -0.1) is 0 Å². The highest BCUT2D eigenvalue weighted by Gasteiger charge is 2.31. The molecule has 7 nitrogen and oxygen atoms in total. The Bertz CT molecular complexity index is 1080. The van der Waals surface area contributed by atoms with Crippen molar-refractivity contribution >= 4 is 27.5 Å². The number of aryl methyl sites for hydroxylation is 1. The molecule has 8 heteroatoms. The molecule has 0 aliphatic carbocycles. The largest absolute Gasteiger partial charge is 0.355 e. The van der Waals surface area contributed by atoms with E-state index in [1.807, 2.05) is 38.1 Å². The van der Waals surface area contributed by atoms with Crippen LogP contribution in [0.3, 0.4) is 0 Å². The van der Waals surface area contributed by atoms with Crippen LogP contribution in [0.5, 0.6) is 0 Å². The lowest BCUT2D eigenvalue weighted by Crippen LogP contribution is -2.39. The van der Waals surface area contributed by atoms with E-state index < -0.39 is 10.0 Å². The first kappa shape index (κ1) is 23.0. The van der Waals surface area contributed by atoms with E-state index in [4.69, 9.17) is 0 Å². The number of amides is 2. The fraction of sp³-hybridized carbons (Fsp3) is 0.391. The zero-order chi connectivity index (χ0) is 22.8. The fourth-order valence-corrected chi connectivity index (χ4v) is 5.05. The van der Waals surface area contributed by atoms with Crippen molar-refractivity contribution in [1.29, 1.82) is 0 Å². The first-order valence-electron chi connectivity index (χ1n) is 10.3. The van der Waals surface area contributed by atoms with Crippen molar-refractivity contribution in [3.05, 3.63) is 59.2 Å². The predicted octanol–water partition coefficient (Wildman–Crippen LogP) is 2.27. The minimum atomic E-state index is -3.82. The van der Waals surface area contributed by atoms with Crippen LogP contribution in [-0.4, -0.2) is 50.7 Å². The molecule has 3 rings (SSSR count). The smallest absolute Gasteiger partial charge is 0.243 e. The summed E-state index contributed by atoms with van der Waals surface area (Å²) in [5.41, 5.74) is 3.85. The average Bonchev–Trinajstić information content (AvgIpc) is 3.04. The Balaban J connectivity index is 1.61. The highest BCUT2D eigenvalue weighted by atomic mass is 32.2. The number of nitrogens with one attached hydrogen (secondary N) is 1. The topological polar surface area (TPSA) is 86.8 Å². The van der Waals surface area contributed by atoms with Gasteiger partial charge < -0.3 is 10.2 Å². The van der Waals surface area contributed by atoms with Gasteiger partial charge in [-0.1, -0.05) is 29.8 Å². The maximum atomic E-state index is 13.0. The lowest BCUT2D eigenvalue weighted by molar-refractivity contribution is -0.121. The second-order valence-electron chi connectivity index (χ2n) is 8.08. The summed E-state index contributed by atoms with van der Waals surface area (Å²) in [6.07, 6.45) is 1.28. The Morgan fingerprint density at radius 3 is 2.48 bits per heavy atom. The predicted molar refractivity (Wildman–Crippen MR) is 120 cm³/mol. The minimum Gasteiger partial charge on any atom is -0.355 e. The van der Waals surface area contributed by atoms with E-state index >= 15 is 0 Å². The van der Waals surface area contributed by atoms with Crippen LogP contribution in [0.2, 0.25) is 0 Å². The molecule has 0 saturated carbocycles. The second kappa shape index (κ2) is 9.20. The van der Waals surface area contributed by atoms with Crippen molar-refractivity contribution in [3.8, 4) is 0 Å². The molecule has 2 aromatic carbocycles. The molecule has 0 saturated heterocycles. The van der Waals surface area contributed by atoms with Gasteiger partial charge in [-0.05, 0) is 56.0 Å². The monoisotopic (exact) mass is 443 g/mol. The number of hydrogen-bond acceptors (Lipinski definition) is 4. The average molecular weight is 444 g/mol. The summed E-state index contributed by atoms with van der Waals surface area (Å²) in [6, 6.07) is 12.8. The third kappa shape index (κ3) is 5.14. The number of hydrogen-bond donors (Lipinski definition) is 1. The molecule has 0 bridgehead atoms. The van der Waals surface area contributed by atoms with Gasteiger partial charge in [0.2, 0.25) is 21.8 Å². The van der Waals surface area contributed by atoms with Crippen molar-refractivity contribution < 1.29 is 18.0 Å². The summed E-state index contributed by atoms with van der Waals surface area (Å²) in [5.74, 6) is -0.419. The zero-order valence-electron chi connectivity index (χ0n) is 18.4. The molecule has 0 radical (unpaired) electrons. The number of sulfonamides is 1. The lowest BCUT2D eigenvalue weighted by atomic mass is 10.1. The number of carbonyl (C=O) groups excluding carboxylic acids is 2. The third-order valence-electron chi connectivity index (χ3n) is 5.54. The number of nitrogens with zero attached hydrogens (tertiary/aromatic N) is 2. The molecule has 0 aromatic heterocycles. The van der Waals surface area contributed by atoms with Crippen molar-refractivity contribution in [1.82, 2.24) is 9.62 Å². The van der Waals surface area contributed by atoms with E-state index in [-0.39, 0.29) is 29.3 Å². The SMILES string of the molecule is CC(=O)N1c2ccc(S(=O)(=O)N(C)CC(=O)NCCc3ccc(C)cc3)cc2CC1C. The molecular weight excluding hydrogens is 414 g/mol. The van der Waals surface area contributed by atoms with E-state index in [0.717, 1.165) is 21.1 Å². The van der Waals surface area contributed by atoms with Crippen molar-refractivity contribution in [2.45, 2.75) is 44.6 Å². The van der Waals surface area contributed by atoms with Gasteiger partial charge in [0.25, 0.3) is 0 Å². The van der Waals surface area contributed by atoms with Crippen molar-refractivity contribution in [3.63, 3.8) is 0 Å². The lowest BCUT2D eigenvalue weighted by Gasteiger charge is -2.21. The van der Waals surface area contributed by atoms with Gasteiger partial charge in [0, 0.05) is 32.2 Å². The van der Waals surface area contributed by atoms with Crippen LogP contribution in [-0.2, 0) is 32.5 Å². The number of rotatable bonds is 7. The molecule has 1 atom stereocenters. The van der Waals surface area contributed by atoms with Crippen LogP contribution < -0.4 is 10.2 Å². The Labute approximate surface area is 184 Å². The van der Waals surface area contributed by atoms with Crippen LogP contribution in [0, 0.1) is 6.92 Å². The van der Waals surface area contributed by atoms with E-state index in [2.05, 4.69) is 5.32 Å². The Morgan fingerprint density at radius 1 is 1.16 bits per heavy atom. The van der Waals surface area contributed by atoms with E-state index in [1.165, 1.54) is 25.6 Å². The summed E-state index contributed by atoms with van der Waals surface area (Å²) >= 11 is 0. The Kier molecular flexibility index (Phi) is 6.81. The van der Waals surface area contributed by atoms with Gasteiger partial charge in [-0.2, -0.15) is 4.31 Å². The number of benzene rings is 2.